The topological polar surface area (TPSA) is 33.1 Å². The van der Waals surface area contributed by atoms with Gasteiger partial charge in [0.25, 0.3) is 0 Å². The van der Waals surface area contributed by atoms with Gasteiger partial charge in [0.2, 0.25) is 5.88 Å². The summed E-state index contributed by atoms with van der Waals surface area (Å²) in [7, 11) is 0. The Morgan fingerprint density at radius 1 is 1.42 bits per heavy atom. The summed E-state index contributed by atoms with van der Waals surface area (Å²) >= 11 is 5.75. The van der Waals surface area contributed by atoms with Gasteiger partial charge in [0.1, 0.15) is 0 Å². The van der Waals surface area contributed by atoms with Crippen molar-refractivity contribution >= 4 is 11.6 Å². The van der Waals surface area contributed by atoms with Crippen molar-refractivity contribution in [3.8, 4) is 5.88 Å². The van der Waals surface area contributed by atoms with Gasteiger partial charge in [-0.2, -0.15) is 0 Å². The molecule has 1 heterocycles. The molecule has 0 bridgehead atoms. The van der Waals surface area contributed by atoms with E-state index in [0.717, 1.165) is 5.56 Å². The van der Waals surface area contributed by atoms with Gasteiger partial charge < -0.3 is 5.11 Å². The average Bonchev–Trinajstić information content (AvgIpc) is 1.92. The first-order chi connectivity index (χ1) is 5.41. The molecule has 0 radical (unpaired) electrons. The maximum atomic E-state index is 9.40. The molecule has 0 spiro atoms. The van der Waals surface area contributed by atoms with E-state index >= 15 is 0 Å². The molecule has 0 unspecified atom stereocenters. The molecule has 2 nitrogen and oxygen atoms in total. The molecule has 3 heteroatoms. The predicted molar refractivity (Wildman–Crippen MR) is 49.6 cm³/mol. The summed E-state index contributed by atoms with van der Waals surface area (Å²) in [6.45, 7) is 6.00. The molecule has 0 aliphatic heterocycles. The minimum atomic E-state index is -0.123. The highest BCUT2D eigenvalue weighted by atomic mass is 35.5. The van der Waals surface area contributed by atoms with Crippen molar-refractivity contribution in [3.63, 3.8) is 0 Å². The zero-order valence-electron chi connectivity index (χ0n) is 7.43. The van der Waals surface area contributed by atoms with Crippen LogP contribution in [0.4, 0.5) is 0 Å². The van der Waals surface area contributed by atoms with Crippen LogP contribution in [0.2, 0.25) is 5.02 Å². The third-order valence-corrected chi connectivity index (χ3v) is 1.85. The Balaban J connectivity index is 3.23. The fourth-order valence-electron chi connectivity index (χ4n) is 0.984. The predicted octanol–water partition coefficient (Wildman–Crippen LogP) is 2.74. The van der Waals surface area contributed by atoms with Gasteiger partial charge in [-0.25, -0.2) is 4.98 Å². The quantitative estimate of drug-likeness (QED) is 0.674. The van der Waals surface area contributed by atoms with Crippen LogP contribution in [0.25, 0.3) is 0 Å². The SMILES string of the molecule is CC(C)(C)c1cc(Cl)cnc1O. The van der Waals surface area contributed by atoms with Crippen molar-refractivity contribution in [3.05, 3.63) is 22.8 Å². The van der Waals surface area contributed by atoms with Gasteiger partial charge in [-0.05, 0) is 11.5 Å². The zero-order valence-corrected chi connectivity index (χ0v) is 8.18. The van der Waals surface area contributed by atoms with E-state index in [1.54, 1.807) is 6.07 Å². The van der Waals surface area contributed by atoms with E-state index in [1.165, 1.54) is 6.20 Å². The third kappa shape index (κ3) is 1.89. The average molecular weight is 186 g/mol. The molecule has 66 valence electrons. The first-order valence-corrected chi connectivity index (χ1v) is 4.14. The minimum Gasteiger partial charge on any atom is -0.493 e. The number of halogens is 1. The van der Waals surface area contributed by atoms with E-state index in [2.05, 4.69) is 4.98 Å². The van der Waals surface area contributed by atoms with Gasteiger partial charge in [0, 0.05) is 11.8 Å². The molecule has 12 heavy (non-hydrogen) atoms. The summed E-state index contributed by atoms with van der Waals surface area (Å²) in [6, 6.07) is 1.74. The number of aromatic nitrogens is 1. The lowest BCUT2D eigenvalue weighted by atomic mass is 9.88. The number of aromatic hydroxyl groups is 1. The van der Waals surface area contributed by atoms with Gasteiger partial charge in [0.05, 0.1) is 5.02 Å². The van der Waals surface area contributed by atoms with Crippen LogP contribution in [0, 0.1) is 0 Å². The van der Waals surface area contributed by atoms with Crippen molar-refractivity contribution < 1.29 is 5.11 Å². The van der Waals surface area contributed by atoms with Crippen molar-refractivity contribution in [2.75, 3.05) is 0 Å². The van der Waals surface area contributed by atoms with Crippen LogP contribution in [0.15, 0.2) is 12.3 Å². The van der Waals surface area contributed by atoms with Crippen molar-refractivity contribution in [1.82, 2.24) is 4.98 Å². The fourth-order valence-corrected chi connectivity index (χ4v) is 1.14. The second-order valence-electron chi connectivity index (χ2n) is 3.77. The first-order valence-electron chi connectivity index (χ1n) is 3.76. The highest BCUT2D eigenvalue weighted by Crippen LogP contribution is 2.30. The summed E-state index contributed by atoms with van der Waals surface area (Å²) in [6.07, 6.45) is 1.44. The Labute approximate surface area is 77.2 Å². The summed E-state index contributed by atoms with van der Waals surface area (Å²) in [4.78, 5) is 3.77. The molecular formula is C9H12ClNO. The molecule has 1 aromatic rings. The third-order valence-electron chi connectivity index (χ3n) is 1.64. The summed E-state index contributed by atoms with van der Waals surface area (Å²) in [5.41, 5.74) is 0.650. The Morgan fingerprint density at radius 3 is 2.42 bits per heavy atom. The van der Waals surface area contributed by atoms with Crippen molar-refractivity contribution in [2.24, 2.45) is 0 Å². The number of rotatable bonds is 0. The van der Waals surface area contributed by atoms with Crippen LogP contribution in [0.5, 0.6) is 5.88 Å². The van der Waals surface area contributed by atoms with Gasteiger partial charge in [-0.1, -0.05) is 32.4 Å². The van der Waals surface area contributed by atoms with Gasteiger partial charge in [-0.15, -0.1) is 0 Å². The number of hydrogen-bond acceptors (Lipinski definition) is 2. The molecule has 1 aromatic heterocycles. The van der Waals surface area contributed by atoms with Crippen LogP contribution in [0.1, 0.15) is 26.3 Å². The lowest BCUT2D eigenvalue weighted by molar-refractivity contribution is 0.426. The molecule has 0 saturated carbocycles. The second-order valence-corrected chi connectivity index (χ2v) is 4.21. The maximum Gasteiger partial charge on any atom is 0.214 e. The van der Waals surface area contributed by atoms with Crippen LogP contribution in [0.3, 0.4) is 0 Å². The Morgan fingerprint density at radius 2 is 2.00 bits per heavy atom. The highest BCUT2D eigenvalue weighted by molar-refractivity contribution is 6.30. The van der Waals surface area contributed by atoms with Crippen LogP contribution < -0.4 is 0 Å². The Hall–Kier alpha value is -0.760. The summed E-state index contributed by atoms with van der Waals surface area (Å²) in [5, 5.41) is 9.95. The number of pyridine rings is 1. The summed E-state index contributed by atoms with van der Waals surface area (Å²) in [5.74, 6) is 0.0619. The standard InChI is InChI=1S/C9H12ClNO/c1-9(2,3)7-4-6(10)5-11-8(7)12/h4-5H,1-3H3,(H,11,12). The normalized spacial score (nSPS) is 11.7. The van der Waals surface area contributed by atoms with Crippen LogP contribution in [-0.4, -0.2) is 10.1 Å². The summed E-state index contributed by atoms with van der Waals surface area (Å²) < 4.78 is 0. The number of nitrogens with zero attached hydrogens (tertiary/aromatic N) is 1. The molecule has 0 aliphatic carbocycles. The molecule has 0 fully saturated rings. The zero-order chi connectivity index (χ0) is 9.35. The van der Waals surface area contributed by atoms with Gasteiger partial charge in [0.15, 0.2) is 0 Å². The molecule has 1 rings (SSSR count). The van der Waals surface area contributed by atoms with E-state index < -0.39 is 0 Å². The monoisotopic (exact) mass is 185 g/mol. The van der Waals surface area contributed by atoms with E-state index in [1.807, 2.05) is 20.8 Å². The van der Waals surface area contributed by atoms with E-state index in [0.29, 0.717) is 5.02 Å². The molecule has 0 aliphatic rings. The second kappa shape index (κ2) is 2.94. The smallest absolute Gasteiger partial charge is 0.214 e. The minimum absolute atomic E-state index is 0.0619. The Bertz CT molecular complexity index is 291. The van der Waals surface area contributed by atoms with Gasteiger partial charge in [-0.3, -0.25) is 0 Å². The van der Waals surface area contributed by atoms with E-state index in [-0.39, 0.29) is 11.3 Å². The molecule has 0 atom stereocenters. The van der Waals surface area contributed by atoms with E-state index in [4.69, 9.17) is 11.6 Å². The molecule has 0 saturated heterocycles. The van der Waals surface area contributed by atoms with Gasteiger partial charge >= 0.3 is 0 Å². The lowest BCUT2D eigenvalue weighted by Gasteiger charge is -2.19. The largest absolute Gasteiger partial charge is 0.493 e. The Kier molecular flexibility index (Phi) is 2.29. The van der Waals surface area contributed by atoms with E-state index in [9.17, 15) is 5.11 Å². The molecule has 0 amide bonds. The maximum absolute atomic E-state index is 9.40. The molecule has 0 aromatic carbocycles. The molecule has 1 N–H and O–H groups in total. The van der Waals surface area contributed by atoms with Crippen LogP contribution >= 0.6 is 11.6 Å². The van der Waals surface area contributed by atoms with Crippen molar-refractivity contribution in [2.45, 2.75) is 26.2 Å². The fraction of sp³-hybridized carbons (Fsp3) is 0.444. The molecular weight excluding hydrogens is 174 g/mol. The lowest BCUT2D eigenvalue weighted by Crippen LogP contribution is -2.11. The highest BCUT2D eigenvalue weighted by Gasteiger charge is 2.18. The van der Waals surface area contributed by atoms with Crippen LogP contribution in [-0.2, 0) is 5.41 Å². The first kappa shape index (κ1) is 9.33. The number of hydrogen-bond donors (Lipinski definition) is 1. The van der Waals surface area contributed by atoms with Crippen molar-refractivity contribution in [1.29, 1.82) is 0 Å².